The number of benzene rings is 1. The molecule has 1 aromatic heterocycles. The smallest absolute Gasteiger partial charge is 0.244 e. The Morgan fingerprint density at radius 2 is 2.14 bits per heavy atom. The van der Waals surface area contributed by atoms with Gasteiger partial charge in [-0.1, -0.05) is 36.2 Å². The van der Waals surface area contributed by atoms with Gasteiger partial charge < -0.3 is 14.6 Å². The summed E-state index contributed by atoms with van der Waals surface area (Å²) in [5, 5.41) is 12.7. The molecule has 2 aromatic rings. The largest absolute Gasteiger partial charge is 0.496 e. The van der Waals surface area contributed by atoms with E-state index in [9.17, 15) is 4.79 Å². The number of rotatable bonds is 9. The van der Waals surface area contributed by atoms with E-state index in [0.29, 0.717) is 12.6 Å². The number of methoxy groups -OCH3 is 1. The highest BCUT2D eigenvalue weighted by Crippen LogP contribution is 2.33. The van der Waals surface area contributed by atoms with Crippen LogP contribution in [0.25, 0.3) is 6.08 Å². The Hall–Kier alpha value is -2.28. The third kappa shape index (κ3) is 5.63. The molecule has 0 atom stereocenters. The van der Waals surface area contributed by atoms with Gasteiger partial charge in [-0.15, -0.1) is 10.2 Å². The molecule has 29 heavy (non-hydrogen) atoms. The molecule has 156 valence electrons. The maximum Gasteiger partial charge on any atom is 0.244 e. The van der Waals surface area contributed by atoms with E-state index in [4.69, 9.17) is 4.74 Å². The summed E-state index contributed by atoms with van der Waals surface area (Å²) in [4.78, 5) is 12.2. The van der Waals surface area contributed by atoms with Crippen molar-refractivity contribution in [1.82, 2.24) is 20.1 Å². The Morgan fingerprint density at radius 1 is 1.34 bits per heavy atom. The molecule has 6 nitrogen and oxygen atoms in total. The van der Waals surface area contributed by atoms with E-state index in [1.165, 1.54) is 25.7 Å². The lowest BCUT2D eigenvalue weighted by molar-refractivity contribution is -0.116. The van der Waals surface area contributed by atoms with Crippen molar-refractivity contribution < 1.29 is 9.53 Å². The molecule has 0 saturated heterocycles. The van der Waals surface area contributed by atoms with Crippen molar-refractivity contribution in [3.8, 4) is 5.75 Å². The monoisotopic (exact) mass is 414 g/mol. The summed E-state index contributed by atoms with van der Waals surface area (Å²) < 4.78 is 7.67. The molecule has 1 aromatic carbocycles. The zero-order valence-electron chi connectivity index (χ0n) is 17.5. The Labute approximate surface area is 177 Å². The normalized spacial score (nSPS) is 14.6. The first-order valence-corrected chi connectivity index (χ1v) is 11.4. The lowest BCUT2D eigenvalue weighted by Crippen LogP contribution is -2.23. The number of hydrogen-bond donors (Lipinski definition) is 1. The van der Waals surface area contributed by atoms with E-state index in [0.717, 1.165) is 40.7 Å². The van der Waals surface area contributed by atoms with Gasteiger partial charge in [0.25, 0.3) is 0 Å². The summed E-state index contributed by atoms with van der Waals surface area (Å²) >= 11 is 1.66. The summed E-state index contributed by atoms with van der Waals surface area (Å²) in [6.07, 6.45) is 12.0. The van der Waals surface area contributed by atoms with Crippen molar-refractivity contribution in [1.29, 1.82) is 0 Å². The SMILES string of the molecule is COc1ccc(C)cc1/C=C/C(=O)NCCCc1nnc(SC)n1C1CCCC1. The van der Waals surface area contributed by atoms with Crippen molar-refractivity contribution in [3.63, 3.8) is 0 Å². The number of carbonyl (C=O) groups excluding carboxylic acids is 1. The number of carbonyl (C=O) groups is 1. The summed E-state index contributed by atoms with van der Waals surface area (Å²) in [6.45, 7) is 2.63. The van der Waals surface area contributed by atoms with Gasteiger partial charge in [0.2, 0.25) is 5.91 Å². The van der Waals surface area contributed by atoms with Gasteiger partial charge in [-0.2, -0.15) is 0 Å². The van der Waals surface area contributed by atoms with Gasteiger partial charge >= 0.3 is 0 Å². The van der Waals surface area contributed by atoms with Gasteiger partial charge in [-0.25, -0.2) is 0 Å². The van der Waals surface area contributed by atoms with Crippen LogP contribution in [0.15, 0.2) is 29.4 Å². The van der Waals surface area contributed by atoms with Gasteiger partial charge in [0.15, 0.2) is 5.16 Å². The van der Waals surface area contributed by atoms with E-state index in [1.807, 2.05) is 25.1 Å². The molecule has 0 unspecified atom stereocenters. The van der Waals surface area contributed by atoms with Crippen LogP contribution >= 0.6 is 11.8 Å². The van der Waals surface area contributed by atoms with Gasteiger partial charge in [0.1, 0.15) is 11.6 Å². The van der Waals surface area contributed by atoms with Crippen LogP contribution in [0, 0.1) is 6.92 Å². The number of ether oxygens (including phenoxy) is 1. The summed E-state index contributed by atoms with van der Waals surface area (Å²) in [5.41, 5.74) is 2.03. The molecule has 1 fully saturated rings. The van der Waals surface area contributed by atoms with E-state index >= 15 is 0 Å². The van der Waals surface area contributed by atoms with Crippen LogP contribution in [-0.2, 0) is 11.2 Å². The third-order valence-electron chi connectivity index (χ3n) is 5.28. The number of aryl methyl sites for hydroxylation is 2. The van der Waals surface area contributed by atoms with Crippen molar-refractivity contribution in [2.45, 2.75) is 56.6 Å². The van der Waals surface area contributed by atoms with Crippen LogP contribution in [0.5, 0.6) is 5.75 Å². The molecule has 0 bridgehead atoms. The minimum absolute atomic E-state index is 0.101. The molecule has 7 heteroatoms. The molecule has 1 amide bonds. The second kappa shape index (κ2) is 10.5. The Balaban J connectivity index is 1.50. The molecular weight excluding hydrogens is 384 g/mol. The molecule has 0 spiro atoms. The third-order valence-corrected chi connectivity index (χ3v) is 5.93. The second-order valence-corrected chi connectivity index (χ2v) is 8.16. The Morgan fingerprint density at radius 3 is 2.86 bits per heavy atom. The van der Waals surface area contributed by atoms with Crippen molar-refractivity contribution >= 4 is 23.7 Å². The minimum Gasteiger partial charge on any atom is -0.496 e. The maximum absolute atomic E-state index is 12.2. The lowest BCUT2D eigenvalue weighted by Gasteiger charge is -2.16. The van der Waals surface area contributed by atoms with Crippen molar-refractivity contribution in [3.05, 3.63) is 41.2 Å². The Kier molecular flexibility index (Phi) is 7.75. The zero-order valence-corrected chi connectivity index (χ0v) is 18.3. The summed E-state index contributed by atoms with van der Waals surface area (Å²) in [7, 11) is 1.63. The van der Waals surface area contributed by atoms with Crippen LogP contribution in [0.2, 0.25) is 0 Å². The van der Waals surface area contributed by atoms with E-state index in [2.05, 4.69) is 26.3 Å². The first kappa shape index (κ1) is 21.4. The van der Waals surface area contributed by atoms with Crippen molar-refractivity contribution in [2.75, 3.05) is 19.9 Å². The minimum atomic E-state index is -0.101. The lowest BCUT2D eigenvalue weighted by atomic mass is 10.1. The average molecular weight is 415 g/mol. The molecule has 1 aliphatic carbocycles. The number of amides is 1. The van der Waals surface area contributed by atoms with Crippen LogP contribution in [-0.4, -0.2) is 40.6 Å². The first-order valence-electron chi connectivity index (χ1n) is 10.2. The molecule has 3 rings (SSSR count). The fourth-order valence-corrected chi connectivity index (χ4v) is 4.39. The predicted octanol–water partition coefficient (Wildman–Crippen LogP) is 4.19. The standard InChI is InChI=1S/C22H30N4O2S/c1-16-10-12-19(28-2)17(15-16)11-13-21(27)23-14-6-9-20-24-25-22(29-3)26(20)18-7-4-5-8-18/h10-13,15,18H,4-9,14H2,1-3H3,(H,23,27)/b13-11+. The number of thioether (sulfide) groups is 1. The Bertz CT molecular complexity index is 856. The van der Waals surface area contributed by atoms with Gasteiger partial charge in [-0.3, -0.25) is 4.79 Å². The molecule has 0 aliphatic heterocycles. The quantitative estimate of drug-likeness (QED) is 0.378. The van der Waals surface area contributed by atoms with E-state index in [-0.39, 0.29) is 5.91 Å². The van der Waals surface area contributed by atoms with E-state index in [1.54, 1.807) is 31.0 Å². The molecule has 1 N–H and O–H groups in total. The topological polar surface area (TPSA) is 69.0 Å². The van der Waals surface area contributed by atoms with Gasteiger partial charge in [0, 0.05) is 30.6 Å². The number of nitrogens with one attached hydrogen (secondary N) is 1. The van der Waals surface area contributed by atoms with Crippen LogP contribution in [0.4, 0.5) is 0 Å². The summed E-state index contributed by atoms with van der Waals surface area (Å²) in [6, 6.07) is 6.44. The van der Waals surface area contributed by atoms with Crippen LogP contribution in [0.3, 0.4) is 0 Å². The zero-order chi connectivity index (χ0) is 20.6. The fourth-order valence-electron chi connectivity index (χ4n) is 3.81. The molecular formula is C22H30N4O2S. The molecule has 1 heterocycles. The maximum atomic E-state index is 12.2. The number of nitrogens with zero attached hydrogens (tertiary/aromatic N) is 3. The van der Waals surface area contributed by atoms with Crippen LogP contribution < -0.4 is 10.1 Å². The fraction of sp³-hybridized carbons (Fsp3) is 0.500. The average Bonchev–Trinajstić information content (AvgIpc) is 3.38. The number of aromatic nitrogens is 3. The highest BCUT2D eigenvalue weighted by atomic mass is 32.2. The first-order chi connectivity index (χ1) is 14.1. The van der Waals surface area contributed by atoms with Crippen LogP contribution in [0.1, 0.15) is 55.1 Å². The van der Waals surface area contributed by atoms with Gasteiger partial charge in [0.05, 0.1) is 7.11 Å². The molecule has 0 radical (unpaired) electrons. The highest BCUT2D eigenvalue weighted by Gasteiger charge is 2.23. The van der Waals surface area contributed by atoms with E-state index < -0.39 is 0 Å². The summed E-state index contributed by atoms with van der Waals surface area (Å²) in [5.74, 6) is 1.70. The molecule has 1 saturated carbocycles. The number of hydrogen-bond acceptors (Lipinski definition) is 5. The second-order valence-electron chi connectivity index (χ2n) is 7.38. The highest BCUT2D eigenvalue weighted by molar-refractivity contribution is 7.98. The predicted molar refractivity (Wildman–Crippen MR) is 117 cm³/mol. The van der Waals surface area contributed by atoms with Gasteiger partial charge in [-0.05, 0) is 50.7 Å². The molecule has 1 aliphatic rings. The van der Waals surface area contributed by atoms with Crippen molar-refractivity contribution in [2.24, 2.45) is 0 Å².